The van der Waals surface area contributed by atoms with Gasteiger partial charge >= 0.3 is 5.97 Å². The number of para-hydroxylation sites is 1. The van der Waals surface area contributed by atoms with Crippen LogP contribution in [0.1, 0.15) is 6.92 Å². The van der Waals surface area contributed by atoms with E-state index in [2.05, 4.69) is 0 Å². The monoisotopic (exact) mass is 263 g/mol. The molecule has 2 unspecified atom stereocenters. The molecule has 2 atom stereocenters. The predicted octanol–water partition coefficient (Wildman–Crippen LogP) is 2.38. The lowest BCUT2D eigenvalue weighted by atomic mass is 10.3. The summed E-state index contributed by atoms with van der Waals surface area (Å²) in [7, 11) is -2.76. The van der Waals surface area contributed by atoms with Crippen LogP contribution in [-0.2, 0) is 9.36 Å². The van der Waals surface area contributed by atoms with Gasteiger partial charge in [-0.3, -0.25) is 9.36 Å². The molecule has 0 saturated heterocycles. The van der Waals surface area contributed by atoms with E-state index in [0.717, 1.165) is 4.83 Å². The summed E-state index contributed by atoms with van der Waals surface area (Å²) >= 11 is 5.42. The van der Waals surface area contributed by atoms with Gasteiger partial charge in [-0.05, 0) is 30.3 Å². The van der Waals surface area contributed by atoms with E-state index in [4.69, 9.17) is 21.2 Å². The topological polar surface area (TPSA) is 66.8 Å². The van der Waals surface area contributed by atoms with Crippen molar-refractivity contribution in [3.63, 3.8) is 0 Å². The Kier molecular flexibility index (Phi) is 4.80. The summed E-state index contributed by atoms with van der Waals surface area (Å²) in [5.41, 5.74) is 0. The maximum absolute atomic E-state index is 11.2. The van der Waals surface area contributed by atoms with Gasteiger partial charge in [-0.15, -0.1) is 0 Å². The summed E-state index contributed by atoms with van der Waals surface area (Å²) in [6.07, 6.45) is 0. The van der Waals surface area contributed by atoms with Crippen LogP contribution in [-0.4, -0.2) is 22.0 Å². The van der Waals surface area contributed by atoms with Gasteiger partial charge in [0, 0.05) is 0 Å². The average molecular weight is 264 g/mol. The van der Waals surface area contributed by atoms with E-state index in [9.17, 15) is 9.36 Å². The number of hydrogen-bond acceptors (Lipinski definition) is 3. The molecule has 0 aromatic heterocycles. The zero-order valence-corrected chi connectivity index (χ0v) is 10.2. The maximum Gasteiger partial charge on any atom is 0.324 e. The van der Waals surface area contributed by atoms with Gasteiger partial charge in [-0.2, -0.15) is 0 Å². The Hall–Kier alpha value is -1.03. The number of rotatable bonds is 5. The van der Waals surface area contributed by atoms with E-state index in [1.54, 1.807) is 30.3 Å². The van der Waals surface area contributed by atoms with E-state index < -0.39 is 19.3 Å². The Bertz CT molecular complexity index is 386. The van der Waals surface area contributed by atoms with Crippen molar-refractivity contribution in [1.82, 2.24) is 4.83 Å². The fourth-order valence-corrected chi connectivity index (χ4v) is 2.10. The number of carbonyl (C=O) groups is 1. The highest BCUT2D eigenvalue weighted by molar-refractivity contribution is 7.71. The van der Waals surface area contributed by atoms with Gasteiger partial charge in [0.25, 0.3) is 7.30 Å². The molecule has 1 aromatic carbocycles. The molecule has 0 spiro atoms. The zero-order valence-electron chi connectivity index (χ0n) is 8.46. The van der Waals surface area contributed by atoms with Crippen molar-refractivity contribution in [3.8, 4) is 5.75 Å². The van der Waals surface area contributed by atoms with Crippen LogP contribution in [0.5, 0.6) is 5.75 Å². The molecule has 0 aliphatic rings. The molecule has 1 rings (SSSR count). The highest BCUT2D eigenvalue weighted by Crippen LogP contribution is 2.35. The van der Waals surface area contributed by atoms with Crippen LogP contribution in [0, 0.1) is 0 Å². The number of aliphatic carboxylic acids is 1. The van der Waals surface area contributed by atoms with Crippen LogP contribution in [0.4, 0.5) is 0 Å². The minimum absolute atomic E-state index is 0.384. The Labute approximate surface area is 98.2 Å². The lowest BCUT2D eigenvalue weighted by Gasteiger charge is -2.22. The first-order valence-corrected chi connectivity index (χ1v) is 6.83. The minimum Gasteiger partial charge on any atom is -0.480 e. The second-order valence-electron chi connectivity index (χ2n) is 3.00. The second kappa shape index (κ2) is 5.89. The molecule has 0 amide bonds. The van der Waals surface area contributed by atoms with E-state index in [-0.39, 0.29) is 0 Å². The summed E-state index contributed by atoms with van der Waals surface area (Å²) in [6, 6.07) is 7.35. The van der Waals surface area contributed by atoms with Crippen molar-refractivity contribution in [2.75, 3.05) is 0 Å². The van der Waals surface area contributed by atoms with Crippen LogP contribution >= 0.6 is 18.5 Å². The molecule has 88 valence electrons. The van der Waals surface area contributed by atoms with E-state index >= 15 is 0 Å². The van der Waals surface area contributed by atoms with Gasteiger partial charge in [0.1, 0.15) is 11.8 Å². The molecular formula is C9H11ClNO4P. The van der Waals surface area contributed by atoms with Crippen LogP contribution in [0.2, 0.25) is 0 Å². The number of carboxylic acids is 1. The minimum atomic E-state index is -2.76. The fourth-order valence-electron chi connectivity index (χ4n) is 0.962. The first-order chi connectivity index (χ1) is 7.52. The Morgan fingerprint density at radius 1 is 1.50 bits per heavy atom. The zero-order chi connectivity index (χ0) is 12.1. The molecule has 0 fully saturated rings. The van der Waals surface area contributed by atoms with Crippen LogP contribution in [0.15, 0.2) is 30.3 Å². The Morgan fingerprint density at radius 3 is 2.50 bits per heavy atom. The van der Waals surface area contributed by atoms with Crippen LogP contribution in [0.25, 0.3) is 0 Å². The van der Waals surface area contributed by atoms with Gasteiger partial charge in [0.05, 0.1) is 0 Å². The van der Waals surface area contributed by atoms with Crippen molar-refractivity contribution >= 4 is 24.5 Å². The van der Waals surface area contributed by atoms with Gasteiger partial charge in [-0.1, -0.05) is 23.0 Å². The fraction of sp³-hybridized carbons (Fsp3) is 0.222. The summed E-state index contributed by atoms with van der Waals surface area (Å²) in [4.78, 5) is 16.7. The van der Waals surface area contributed by atoms with E-state index in [1.807, 2.05) is 0 Å². The second-order valence-corrected chi connectivity index (χ2v) is 4.91. The summed E-state index contributed by atoms with van der Waals surface area (Å²) in [5.74, 6) is -0.774. The van der Waals surface area contributed by atoms with Gasteiger partial charge < -0.3 is 9.94 Å². The third kappa shape index (κ3) is 3.52. The summed E-state index contributed by atoms with van der Waals surface area (Å²) in [6.45, 7) is 1.34. The predicted molar refractivity (Wildman–Crippen MR) is 60.9 cm³/mol. The Balaban J connectivity index is 2.81. The van der Waals surface area contributed by atoms with Gasteiger partial charge in [0.2, 0.25) is 0 Å². The number of halogens is 1. The standard InChI is InChI=1S/C9H11ClNO4P/c1-7(9(12)13)11(16(10)14)15-8-5-3-2-4-6-8/h2-7,16H,1H3,(H,12,13). The molecule has 0 radical (unpaired) electrons. The van der Waals surface area contributed by atoms with Gasteiger partial charge in [-0.25, -0.2) is 0 Å². The average Bonchev–Trinajstić information content (AvgIpc) is 2.26. The molecule has 16 heavy (non-hydrogen) atoms. The lowest BCUT2D eigenvalue weighted by molar-refractivity contribution is -0.147. The molecule has 0 aliphatic carbocycles. The molecular weight excluding hydrogens is 253 g/mol. The quantitative estimate of drug-likeness (QED) is 0.653. The van der Waals surface area contributed by atoms with Crippen LogP contribution in [0.3, 0.4) is 0 Å². The van der Waals surface area contributed by atoms with Crippen molar-refractivity contribution in [2.45, 2.75) is 13.0 Å². The third-order valence-electron chi connectivity index (χ3n) is 1.83. The highest BCUT2D eigenvalue weighted by atomic mass is 35.7. The SMILES string of the molecule is CC(C(=O)O)N(Oc1ccccc1)[PH](=O)Cl. The van der Waals surface area contributed by atoms with E-state index in [1.165, 1.54) is 6.92 Å². The first-order valence-electron chi connectivity index (χ1n) is 4.47. The molecule has 0 bridgehead atoms. The molecule has 1 N–H and O–H groups in total. The highest BCUT2D eigenvalue weighted by Gasteiger charge is 2.26. The van der Waals surface area contributed by atoms with Crippen molar-refractivity contribution < 1.29 is 19.3 Å². The molecule has 0 saturated carbocycles. The summed E-state index contributed by atoms with van der Waals surface area (Å²) in [5, 5.41) is 8.78. The normalized spacial score (nSPS) is 14.4. The number of nitrogens with zero attached hydrogens (tertiary/aromatic N) is 1. The molecule has 1 aromatic rings. The van der Waals surface area contributed by atoms with Crippen molar-refractivity contribution in [3.05, 3.63) is 30.3 Å². The first kappa shape index (κ1) is 13.0. The molecule has 0 heterocycles. The summed E-state index contributed by atoms with van der Waals surface area (Å²) < 4.78 is 11.2. The van der Waals surface area contributed by atoms with Crippen molar-refractivity contribution in [1.29, 1.82) is 0 Å². The number of hydroxylamine groups is 1. The molecule has 0 aliphatic heterocycles. The number of hydrogen-bond donors (Lipinski definition) is 1. The van der Waals surface area contributed by atoms with Crippen LogP contribution < -0.4 is 4.84 Å². The van der Waals surface area contributed by atoms with Crippen molar-refractivity contribution in [2.24, 2.45) is 0 Å². The Morgan fingerprint density at radius 2 is 2.06 bits per heavy atom. The third-order valence-corrected chi connectivity index (χ3v) is 3.15. The number of carboxylic acid groups (broad SMARTS) is 1. The largest absolute Gasteiger partial charge is 0.480 e. The van der Waals surface area contributed by atoms with Gasteiger partial charge in [0.15, 0.2) is 0 Å². The lowest BCUT2D eigenvalue weighted by Crippen LogP contribution is -2.35. The maximum atomic E-state index is 11.2. The number of benzene rings is 1. The van der Waals surface area contributed by atoms with E-state index in [0.29, 0.717) is 5.75 Å². The molecule has 5 nitrogen and oxygen atoms in total. The molecule has 7 heteroatoms. The smallest absolute Gasteiger partial charge is 0.324 e.